The van der Waals surface area contributed by atoms with Crippen molar-refractivity contribution in [1.82, 2.24) is 40.4 Å². The van der Waals surface area contributed by atoms with Crippen molar-refractivity contribution in [3.05, 3.63) is 97.1 Å². The van der Waals surface area contributed by atoms with Crippen LogP contribution in [0.25, 0.3) is 50.3 Å². The van der Waals surface area contributed by atoms with Gasteiger partial charge in [-0.25, -0.2) is 15.4 Å². The molecule has 1 saturated heterocycles. The summed E-state index contributed by atoms with van der Waals surface area (Å²) >= 11 is 0. The SMILES string of the molecule is COC1(NNc2ccc3[nH]nc(-c4cc5cnccc5o4)c3c2)CCN(CC(=O)N2CC=C(c3ccc(-c4ncccn4)cc3)CC2)C1. The molecule has 6 aromatic rings. The summed E-state index contributed by atoms with van der Waals surface area (Å²) in [7, 11) is 1.70. The van der Waals surface area contributed by atoms with Gasteiger partial charge in [-0.2, -0.15) is 5.10 Å². The van der Waals surface area contributed by atoms with Gasteiger partial charge in [0.15, 0.2) is 11.6 Å². The number of carbonyl (C=O) groups excluding carboxylic acids is 1. The van der Waals surface area contributed by atoms with Crippen molar-refractivity contribution in [2.45, 2.75) is 18.6 Å². The Kier molecular flexibility index (Phi) is 7.88. The third-order valence-corrected chi connectivity index (χ3v) is 9.25. The van der Waals surface area contributed by atoms with E-state index in [2.05, 4.69) is 71.2 Å². The van der Waals surface area contributed by atoms with E-state index in [0.717, 1.165) is 58.2 Å². The number of furan rings is 1. The Balaban J connectivity index is 0.871. The molecule has 12 nitrogen and oxygen atoms in total. The van der Waals surface area contributed by atoms with Crippen LogP contribution < -0.4 is 10.9 Å². The molecule has 12 heteroatoms. The van der Waals surface area contributed by atoms with Gasteiger partial charge in [0.05, 0.1) is 12.1 Å². The third-order valence-electron chi connectivity index (χ3n) is 9.25. The molecule has 1 amide bonds. The predicted octanol–water partition coefficient (Wildman–Crippen LogP) is 5.11. The quantitative estimate of drug-likeness (QED) is 0.144. The van der Waals surface area contributed by atoms with Gasteiger partial charge in [-0.3, -0.25) is 19.8 Å². The van der Waals surface area contributed by atoms with Crippen LogP contribution in [0.4, 0.5) is 5.69 Å². The summed E-state index contributed by atoms with van der Waals surface area (Å²) < 4.78 is 12.0. The first-order valence-electron chi connectivity index (χ1n) is 16.0. The molecule has 0 bridgehead atoms. The molecular formula is C36H35N9O3. The maximum atomic E-state index is 13.3. The minimum absolute atomic E-state index is 0.126. The van der Waals surface area contributed by atoms with Crippen LogP contribution >= 0.6 is 0 Å². The van der Waals surface area contributed by atoms with Crippen LogP contribution in [-0.4, -0.2) is 86.4 Å². The number of methoxy groups -OCH3 is 1. The number of aromatic amines is 1. The number of aromatic nitrogens is 5. The van der Waals surface area contributed by atoms with Gasteiger partial charge in [0.2, 0.25) is 5.91 Å². The van der Waals surface area contributed by atoms with Crippen LogP contribution in [0.3, 0.4) is 0 Å². The van der Waals surface area contributed by atoms with E-state index in [1.165, 1.54) is 11.1 Å². The second-order valence-corrected chi connectivity index (χ2v) is 12.2. The molecule has 4 aromatic heterocycles. The molecule has 0 aliphatic carbocycles. The van der Waals surface area contributed by atoms with E-state index < -0.39 is 5.72 Å². The zero-order valence-corrected chi connectivity index (χ0v) is 26.5. The van der Waals surface area contributed by atoms with E-state index in [9.17, 15) is 4.79 Å². The fraction of sp³-hybridized carbons (Fsp3) is 0.250. The highest BCUT2D eigenvalue weighted by atomic mass is 16.5. The van der Waals surface area contributed by atoms with Crippen molar-refractivity contribution in [1.29, 1.82) is 0 Å². The predicted molar refractivity (Wildman–Crippen MR) is 183 cm³/mol. The lowest BCUT2D eigenvalue weighted by atomic mass is 9.98. The lowest BCUT2D eigenvalue weighted by Crippen LogP contribution is -2.52. The molecule has 8 rings (SSSR count). The van der Waals surface area contributed by atoms with Gasteiger partial charge < -0.3 is 19.5 Å². The van der Waals surface area contributed by atoms with Gasteiger partial charge in [0, 0.05) is 86.5 Å². The fourth-order valence-corrected chi connectivity index (χ4v) is 6.51. The molecule has 1 fully saturated rings. The number of nitrogens with zero attached hydrogens (tertiary/aromatic N) is 6. The van der Waals surface area contributed by atoms with Gasteiger partial charge >= 0.3 is 0 Å². The van der Waals surface area contributed by atoms with Crippen LogP contribution in [0.15, 0.2) is 95.9 Å². The number of carbonyl (C=O) groups is 1. The Morgan fingerprint density at radius 1 is 1.04 bits per heavy atom. The minimum atomic E-state index is -0.647. The van der Waals surface area contributed by atoms with Crippen LogP contribution in [0, 0.1) is 0 Å². The number of H-pyrrole nitrogens is 1. The zero-order chi connectivity index (χ0) is 32.5. The van der Waals surface area contributed by atoms with E-state index in [-0.39, 0.29) is 5.91 Å². The molecule has 2 aliphatic rings. The second kappa shape index (κ2) is 12.6. The summed E-state index contributed by atoms with van der Waals surface area (Å²) in [5, 5.41) is 9.46. The molecule has 48 heavy (non-hydrogen) atoms. The maximum Gasteiger partial charge on any atom is 0.237 e. The van der Waals surface area contributed by atoms with Crippen molar-refractivity contribution < 1.29 is 13.9 Å². The van der Waals surface area contributed by atoms with Crippen LogP contribution in [0.5, 0.6) is 0 Å². The highest BCUT2D eigenvalue weighted by molar-refractivity contribution is 5.95. The van der Waals surface area contributed by atoms with Crippen molar-refractivity contribution in [3.8, 4) is 22.8 Å². The minimum Gasteiger partial charge on any atom is -0.454 e. The molecular weight excluding hydrogens is 606 g/mol. The van der Waals surface area contributed by atoms with E-state index in [1.54, 1.807) is 31.9 Å². The lowest BCUT2D eigenvalue weighted by molar-refractivity contribution is -0.132. The largest absolute Gasteiger partial charge is 0.454 e. The van der Waals surface area contributed by atoms with Gasteiger partial charge in [-0.1, -0.05) is 30.3 Å². The average molecular weight is 642 g/mol. The number of hydrazine groups is 1. The van der Waals surface area contributed by atoms with E-state index in [1.807, 2.05) is 41.3 Å². The molecule has 0 radical (unpaired) electrons. The smallest absolute Gasteiger partial charge is 0.237 e. The number of likely N-dealkylation sites (tertiary alicyclic amines) is 1. The number of rotatable bonds is 9. The molecule has 3 N–H and O–H groups in total. The second-order valence-electron chi connectivity index (χ2n) is 12.2. The van der Waals surface area contributed by atoms with E-state index >= 15 is 0 Å². The molecule has 6 heterocycles. The van der Waals surface area contributed by atoms with Crippen LogP contribution in [0.2, 0.25) is 0 Å². The highest BCUT2D eigenvalue weighted by Crippen LogP contribution is 2.33. The first kappa shape index (κ1) is 29.9. The van der Waals surface area contributed by atoms with Gasteiger partial charge in [0.1, 0.15) is 17.0 Å². The summed E-state index contributed by atoms with van der Waals surface area (Å²) in [5.74, 6) is 1.51. The van der Waals surface area contributed by atoms with Crippen molar-refractivity contribution >= 4 is 39.0 Å². The number of anilines is 1. The number of nitrogens with one attached hydrogen (secondary N) is 3. The first-order chi connectivity index (χ1) is 23.6. The van der Waals surface area contributed by atoms with Crippen molar-refractivity contribution in [3.63, 3.8) is 0 Å². The number of ether oxygens (including phenoxy) is 1. The maximum absolute atomic E-state index is 13.3. The number of amides is 1. The Morgan fingerprint density at radius 3 is 2.69 bits per heavy atom. The van der Waals surface area contributed by atoms with Gasteiger partial charge in [-0.15, -0.1) is 0 Å². The van der Waals surface area contributed by atoms with Crippen LogP contribution in [0.1, 0.15) is 18.4 Å². The monoisotopic (exact) mass is 641 g/mol. The summed E-state index contributed by atoms with van der Waals surface area (Å²) in [4.78, 5) is 30.3. The average Bonchev–Trinajstić information content (AvgIpc) is 3.88. The van der Waals surface area contributed by atoms with Crippen LogP contribution in [-0.2, 0) is 9.53 Å². The van der Waals surface area contributed by atoms with Gasteiger partial charge in [-0.05, 0) is 54.0 Å². The molecule has 0 saturated carbocycles. The highest BCUT2D eigenvalue weighted by Gasteiger charge is 2.39. The molecule has 2 aromatic carbocycles. The summed E-state index contributed by atoms with van der Waals surface area (Å²) in [6.07, 6.45) is 10.7. The van der Waals surface area contributed by atoms with Gasteiger partial charge in [0.25, 0.3) is 0 Å². The lowest BCUT2D eigenvalue weighted by Gasteiger charge is -2.31. The Morgan fingerprint density at radius 2 is 1.90 bits per heavy atom. The third kappa shape index (κ3) is 5.92. The fourth-order valence-electron chi connectivity index (χ4n) is 6.51. The van der Waals surface area contributed by atoms with E-state index in [4.69, 9.17) is 9.15 Å². The summed E-state index contributed by atoms with van der Waals surface area (Å²) in [5.41, 5.74) is 12.8. The first-order valence-corrected chi connectivity index (χ1v) is 16.0. The molecule has 1 atom stereocenters. The molecule has 0 spiro atoms. The number of pyridine rings is 1. The molecule has 2 aliphatic heterocycles. The Hall–Kier alpha value is -5.43. The molecule has 242 valence electrons. The molecule has 1 unspecified atom stereocenters. The zero-order valence-electron chi connectivity index (χ0n) is 26.5. The van der Waals surface area contributed by atoms with Crippen molar-refractivity contribution in [2.24, 2.45) is 0 Å². The Bertz CT molecular complexity index is 2080. The normalized spacial score (nSPS) is 18.4. The standard InChI is InChI=1S/C36H35N9O3/c1-47-36(43-40-28-7-8-30-29(20-28)34(42-41-30)32-19-27-21-37-15-9-31(27)48-32)12-18-44(23-36)22-33(46)45-16-10-25(11-17-45)24-3-5-26(6-4-24)35-38-13-2-14-39-35/h2-10,13-15,19-21,40,43H,11-12,16-18,22-23H2,1H3,(H,41,42). The number of fused-ring (bicyclic) bond motifs is 2. The topological polar surface area (TPSA) is 137 Å². The summed E-state index contributed by atoms with van der Waals surface area (Å²) in [6, 6.07) is 19.9. The number of hydrogen-bond acceptors (Lipinski definition) is 10. The Labute approximate surface area is 276 Å². The number of benzene rings is 2. The summed E-state index contributed by atoms with van der Waals surface area (Å²) in [6.45, 7) is 2.96. The van der Waals surface area contributed by atoms with E-state index in [0.29, 0.717) is 37.8 Å². The van der Waals surface area contributed by atoms with Crippen molar-refractivity contribution in [2.75, 3.05) is 45.3 Å². The number of hydrogen-bond donors (Lipinski definition) is 3.